The van der Waals surface area contributed by atoms with Gasteiger partial charge < -0.3 is 4.74 Å². The Balaban J connectivity index is 3.67. The first-order valence-electron chi connectivity index (χ1n) is 5.75. The van der Waals surface area contributed by atoms with Crippen molar-refractivity contribution in [1.29, 1.82) is 5.26 Å². The number of ether oxygens (including phenoxy) is 1. The molecule has 0 saturated heterocycles. The molecule has 0 heterocycles. The third-order valence-corrected chi connectivity index (χ3v) is 4.52. The lowest BCUT2D eigenvalue weighted by atomic mass is 9.94. The van der Waals surface area contributed by atoms with E-state index in [1.165, 1.54) is 0 Å². The van der Waals surface area contributed by atoms with Gasteiger partial charge in [-0.1, -0.05) is 15.9 Å². The minimum absolute atomic E-state index is 0.310. The van der Waals surface area contributed by atoms with E-state index in [1.54, 1.807) is 7.11 Å². The second kappa shape index (κ2) is 5.73. The van der Waals surface area contributed by atoms with Crippen LogP contribution < -0.4 is 4.74 Å². The van der Waals surface area contributed by atoms with E-state index >= 15 is 0 Å². The zero-order chi connectivity index (χ0) is 14.0. The Kier molecular flexibility index (Phi) is 4.78. The van der Waals surface area contributed by atoms with Gasteiger partial charge in [0.1, 0.15) is 11.8 Å². The van der Waals surface area contributed by atoms with Crippen LogP contribution in [-0.4, -0.2) is 26.1 Å². The number of hydrogen-bond acceptors (Lipinski definition) is 3. The van der Waals surface area contributed by atoms with Crippen LogP contribution in [0, 0.1) is 32.1 Å². The molecule has 0 aliphatic carbocycles. The van der Waals surface area contributed by atoms with Gasteiger partial charge in [-0.2, -0.15) is 5.26 Å². The minimum Gasteiger partial charge on any atom is -0.496 e. The van der Waals surface area contributed by atoms with Crippen LogP contribution in [-0.2, 0) is 0 Å². The Morgan fingerprint density at radius 2 is 1.72 bits per heavy atom. The zero-order valence-corrected chi connectivity index (χ0v) is 13.3. The largest absolute Gasteiger partial charge is 0.496 e. The molecule has 1 rings (SSSR count). The molecule has 98 valence electrons. The lowest BCUT2D eigenvalue weighted by molar-refractivity contribution is 0.337. The van der Waals surface area contributed by atoms with Crippen molar-refractivity contribution in [1.82, 2.24) is 4.90 Å². The summed E-state index contributed by atoms with van der Waals surface area (Å²) in [6.45, 7) is 6.09. The predicted octanol–water partition coefficient (Wildman–Crippen LogP) is 3.51. The Morgan fingerprint density at radius 3 is 2.11 bits per heavy atom. The predicted molar refractivity (Wildman–Crippen MR) is 76.9 cm³/mol. The molecule has 0 bridgehead atoms. The molecule has 0 N–H and O–H groups in total. The van der Waals surface area contributed by atoms with Gasteiger partial charge in [-0.3, -0.25) is 4.90 Å². The SMILES string of the molecule is COc1c(C)c(C)c(Br)c(C)c1C(C#N)N(C)C. The number of rotatable bonds is 3. The minimum atomic E-state index is -0.310. The van der Waals surface area contributed by atoms with Gasteiger partial charge in [0.05, 0.1) is 13.2 Å². The van der Waals surface area contributed by atoms with Gasteiger partial charge >= 0.3 is 0 Å². The fourth-order valence-electron chi connectivity index (χ4n) is 2.14. The van der Waals surface area contributed by atoms with Crippen LogP contribution in [0.1, 0.15) is 28.3 Å². The first kappa shape index (κ1) is 15.0. The van der Waals surface area contributed by atoms with E-state index < -0.39 is 0 Å². The van der Waals surface area contributed by atoms with Crippen molar-refractivity contribution in [2.45, 2.75) is 26.8 Å². The third-order valence-electron chi connectivity index (χ3n) is 3.33. The first-order valence-corrected chi connectivity index (χ1v) is 6.55. The van der Waals surface area contributed by atoms with Gasteiger partial charge in [-0.05, 0) is 51.6 Å². The summed E-state index contributed by atoms with van der Waals surface area (Å²) in [5, 5.41) is 9.38. The Bertz CT molecular complexity index is 504. The second-order valence-electron chi connectivity index (χ2n) is 4.63. The number of nitrogens with zero attached hydrogens (tertiary/aromatic N) is 2. The van der Waals surface area contributed by atoms with Crippen molar-refractivity contribution in [2.24, 2.45) is 0 Å². The maximum absolute atomic E-state index is 9.38. The summed E-state index contributed by atoms with van der Waals surface area (Å²) in [6, 6.07) is 2.02. The van der Waals surface area contributed by atoms with Gasteiger partial charge in [0.15, 0.2) is 0 Å². The summed E-state index contributed by atoms with van der Waals surface area (Å²) in [5.74, 6) is 0.813. The van der Waals surface area contributed by atoms with E-state index in [2.05, 4.69) is 28.9 Å². The fourth-order valence-corrected chi connectivity index (χ4v) is 2.65. The Morgan fingerprint density at radius 1 is 1.17 bits per heavy atom. The molecule has 0 amide bonds. The van der Waals surface area contributed by atoms with Crippen LogP contribution in [0.3, 0.4) is 0 Å². The Hall–Kier alpha value is -1.05. The highest BCUT2D eigenvalue weighted by Crippen LogP contribution is 2.40. The van der Waals surface area contributed by atoms with Gasteiger partial charge in [0, 0.05) is 10.0 Å². The van der Waals surface area contributed by atoms with Gasteiger partial charge in [0.2, 0.25) is 0 Å². The van der Waals surface area contributed by atoms with Crippen LogP contribution in [0.15, 0.2) is 4.47 Å². The quantitative estimate of drug-likeness (QED) is 0.857. The van der Waals surface area contributed by atoms with Crippen molar-refractivity contribution < 1.29 is 4.74 Å². The number of benzene rings is 1. The molecular weight excluding hydrogens is 292 g/mol. The summed E-state index contributed by atoms with van der Waals surface area (Å²) in [6.07, 6.45) is 0. The summed E-state index contributed by atoms with van der Waals surface area (Å²) in [4.78, 5) is 1.89. The average Bonchev–Trinajstić information content (AvgIpc) is 2.33. The van der Waals surface area contributed by atoms with E-state index in [0.29, 0.717) is 0 Å². The highest BCUT2D eigenvalue weighted by atomic mass is 79.9. The molecule has 1 atom stereocenters. The van der Waals surface area contributed by atoms with Crippen LogP contribution in [0.2, 0.25) is 0 Å². The van der Waals surface area contributed by atoms with Gasteiger partial charge in [-0.15, -0.1) is 0 Å². The fraction of sp³-hybridized carbons (Fsp3) is 0.500. The van der Waals surface area contributed by atoms with Gasteiger partial charge in [0.25, 0.3) is 0 Å². The number of methoxy groups -OCH3 is 1. The molecule has 0 aliphatic heterocycles. The van der Waals surface area contributed by atoms with Crippen molar-refractivity contribution in [2.75, 3.05) is 21.2 Å². The highest BCUT2D eigenvalue weighted by Gasteiger charge is 2.24. The highest BCUT2D eigenvalue weighted by molar-refractivity contribution is 9.10. The lowest BCUT2D eigenvalue weighted by Crippen LogP contribution is -2.20. The molecule has 1 unspecified atom stereocenters. The van der Waals surface area contributed by atoms with Crippen molar-refractivity contribution >= 4 is 15.9 Å². The smallest absolute Gasteiger partial charge is 0.128 e. The molecule has 0 aromatic heterocycles. The van der Waals surface area contributed by atoms with Crippen LogP contribution >= 0.6 is 15.9 Å². The van der Waals surface area contributed by atoms with E-state index in [0.717, 1.165) is 32.5 Å². The maximum Gasteiger partial charge on any atom is 0.128 e. The molecular formula is C14H19BrN2O. The number of halogens is 1. The zero-order valence-electron chi connectivity index (χ0n) is 11.8. The molecule has 18 heavy (non-hydrogen) atoms. The first-order chi connectivity index (χ1) is 8.36. The number of hydrogen-bond donors (Lipinski definition) is 0. The molecule has 0 saturated carbocycles. The third kappa shape index (κ3) is 2.38. The van der Waals surface area contributed by atoms with Gasteiger partial charge in [-0.25, -0.2) is 0 Å². The summed E-state index contributed by atoms with van der Waals surface area (Å²) >= 11 is 3.61. The van der Waals surface area contributed by atoms with Crippen molar-refractivity contribution in [3.63, 3.8) is 0 Å². The standard InChI is InChI=1S/C14H19BrN2O/c1-8-9(2)14(18-6)12(10(3)13(8)15)11(7-16)17(4)5/h11H,1-6H3. The summed E-state index contributed by atoms with van der Waals surface area (Å²) in [5.41, 5.74) is 4.24. The molecule has 0 radical (unpaired) electrons. The molecule has 3 nitrogen and oxygen atoms in total. The van der Waals surface area contributed by atoms with Crippen LogP contribution in [0.4, 0.5) is 0 Å². The van der Waals surface area contributed by atoms with Crippen molar-refractivity contribution in [3.05, 3.63) is 26.7 Å². The molecule has 1 aromatic rings. The van der Waals surface area contributed by atoms with Crippen LogP contribution in [0.5, 0.6) is 5.75 Å². The normalized spacial score (nSPS) is 12.4. The van der Waals surface area contributed by atoms with Crippen molar-refractivity contribution in [3.8, 4) is 11.8 Å². The van der Waals surface area contributed by atoms with Crippen LogP contribution in [0.25, 0.3) is 0 Å². The summed E-state index contributed by atoms with van der Waals surface area (Å²) < 4.78 is 6.58. The number of nitriles is 1. The molecule has 0 spiro atoms. The molecule has 0 aliphatic rings. The van der Waals surface area contributed by atoms with E-state index in [1.807, 2.05) is 32.8 Å². The second-order valence-corrected chi connectivity index (χ2v) is 5.42. The average molecular weight is 311 g/mol. The van der Waals surface area contributed by atoms with E-state index in [-0.39, 0.29) is 6.04 Å². The molecule has 1 aromatic carbocycles. The monoisotopic (exact) mass is 310 g/mol. The maximum atomic E-state index is 9.38. The molecule has 4 heteroatoms. The Labute approximate surface area is 117 Å². The van der Waals surface area contributed by atoms with E-state index in [9.17, 15) is 5.26 Å². The lowest BCUT2D eigenvalue weighted by Gasteiger charge is -2.25. The molecule has 0 fully saturated rings. The summed E-state index contributed by atoms with van der Waals surface area (Å²) in [7, 11) is 5.45. The topological polar surface area (TPSA) is 36.3 Å². The van der Waals surface area contributed by atoms with E-state index in [4.69, 9.17) is 4.74 Å².